The summed E-state index contributed by atoms with van der Waals surface area (Å²) in [5, 5.41) is 0. The van der Waals surface area contributed by atoms with Gasteiger partial charge in [-0.1, -0.05) is 32.4 Å². The number of rotatable bonds is 10. The quantitative estimate of drug-likeness (QED) is 0.535. The van der Waals surface area contributed by atoms with E-state index in [0.29, 0.717) is 19.5 Å². The summed E-state index contributed by atoms with van der Waals surface area (Å²) in [6.07, 6.45) is 4.01. The maximum atomic E-state index is 13.4. The second-order valence-electron chi connectivity index (χ2n) is 9.41. The van der Waals surface area contributed by atoms with E-state index in [1.165, 1.54) is 15.0 Å². The number of nitrogens with zero attached hydrogens (tertiary/aromatic N) is 3. The number of nitrogen functional groups attached to an aromatic ring is 1. The summed E-state index contributed by atoms with van der Waals surface area (Å²) < 4.78 is 7.58. The lowest BCUT2D eigenvalue weighted by molar-refractivity contribution is -0.120. The Bertz CT molecular complexity index is 1130. The first-order valence-corrected chi connectivity index (χ1v) is 12.6. The van der Waals surface area contributed by atoms with Gasteiger partial charge in [0.25, 0.3) is 5.56 Å². The van der Waals surface area contributed by atoms with Crippen LogP contribution in [0.3, 0.4) is 0 Å². The smallest absolute Gasteiger partial charge is 0.330 e. The molecule has 1 aliphatic heterocycles. The highest BCUT2D eigenvalue weighted by Gasteiger charge is 2.28. The summed E-state index contributed by atoms with van der Waals surface area (Å²) in [5.41, 5.74) is 7.44. The van der Waals surface area contributed by atoms with E-state index in [1.807, 2.05) is 20.8 Å². The zero-order valence-corrected chi connectivity index (χ0v) is 21.4. The van der Waals surface area contributed by atoms with E-state index < -0.39 is 11.2 Å². The van der Waals surface area contributed by atoms with Gasteiger partial charge in [-0.25, -0.2) is 4.79 Å². The first kappa shape index (κ1) is 26.5. The van der Waals surface area contributed by atoms with E-state index in [9.17, 15) is 14.4 Å². The average Bonchev–Trinajstić information content (AvgIpc) is 2.82. The van der Waals surface area contributed by atoms with Crippen molar-refractivity contribution in [1.29, 1.82) is 0 Å². The van der Waals surface area contributed by atoms with E-state index in [0.717, 1.165) is 50.1 Å². The van der Waals surface area contributed by atoms with Crippen LogP contribution >= 0.6 is 0 Å². The number of carbonyl (C=O) groups excluding carboxylic acids is 1. The van der Waals surface area contributed by atoms with E-state index in [4.69, 9.17) is 10.5 Å². The summed E-state index contributed by atoms with van der Waals surface area (Å²) >= 11 is 0. The van der Waals surface area contributed by atoms with Crippen LogP contribution in [0.2, 0.25) is 0 Å². The number of amides is 1. The molecular formula is C26H39N5O4. The third kappa shape index (κ3) is 6.54. The number of piperidine rings is 1. The summed E-state index contributed by atoms with van der Waals surface area (Å²) in [5.74, 6) is 0.777. The van der Waals surface area contributed by atoms with E-state index >= 15 is 0 Å². The molecule has 0 saturated carbocycles. The number of anilines is 2. The highest BCUT2D eigenvalue weighted by Crippen LogP contribution is 2.24. The second-order valence-corrected chi connectivity index (χ2v) is 9.41. The summed E-state index contributed by atoms with van der Waals surface area (Å²) in [4.78, 5) is 44.2. The van der Waals surface area contributed by atoms with Crippen molar-refractivity contribution in [1.82, 2.24) is 14.5 Å². The van der Waals surface area contributed by atoms with Gasteiger partial charge in [-0.15, -0.1) is 0 Å². The molecule has 1 fully saturated rings. The molecule has 2 aromatic rings. The monoisotopic (exact) mass is 485 g/mol. The Morgan fingerprint density at radius 2 is 1.89 bits per heavy atom. The first-order chi connectivity index (χ1) is 16.7. The topological polar surface area (TPSA) is 114 Å². The van der Waals surface area contributed by atoms with Crippen LogP contribution in [0.4, 0.5) is 11.5 Å². The van der Waals surface area contributed by atoms with Crippen LogP contribution in [0, 0.1) is 13.8 Å². The number of hydrogen-bond acceptors (Lipinski definition) is 6. The highest BCUT2D eigenvalue weighted by atomic mass is 16.5. The number of aromatic amines is 1. The lowest BCUT2D eigenvalue weighted by atomic mass is 10.1. The molecule has 0 spiro atoms. The van der Waals surface area contributed by atoms with Crippen LogP contribution in [-0.4, -0.2) is 52.6 Å². The van der Waals surface area contributed by atoms with Crippen molar-refractivity contribution in [2.75, 3.05) is 36.8 Å². The number of aryl methyl sites for hydroxylation is 2. The number of carbonyl (C=O) groups is 1. The van der Waals surface area contributed by atoms with E-state index in [1.54, 1.807) is 0 Å². The van der Waals surface area contributed by atoms with Gasteiger partial charge in [-0.05, 0) is 56.7 Å². The van der Waals surface area contributed by atoms with Crippen LogP contribution in [0.1, 0.15) is 57.1 Å². The minimum atomic E-state index is -0.620. The number of unbranched alkanes of at least 4 members (excludes halogenated alkanes) is 1. The molecule has 9 heteroatoms. The molecule has 0 atom stereocenters. The maximum Gasteiger partial charge on any atom is 0.330 e. The van der Waals surface area contributed by atoms with E-state index in [-0.39, 0.29) is 30.1 Å². The first-order valence-electron chi connectivity index (χ1n) is 12.6. The molecule has 0 radical (unpaired) electrons. The van der Waals surface area contributed by atoms with Gasteiger partial charge in [0.05, 0.1) is 6.54 Å². The maximum absolute atomic E-state index is 13.4. The molecule has 1 aromatic heterocycles. The van der Waals surface area contributed by atoms with Crippen molar-refractivity contribution in [3.05, 3.63) is 50.2 Å². The minimum Gasteiger partial charge on any atom is -0.490 e. The zero-order chi connectivity index (χ0) is 25.5. The Morgan fingerprint density at radius 1 is 1.17 bits per heavy atom. The van der Waals surface area contributed by atoms with Crippen molar-refractivity contribution >= 4 is 17.4 Å². The molecule has 1 aliphatic rings. The molecule has 35 heavy (non-hydrogen) atoms. The number of hydrogen-bond donors (Lipinski definition) is 2. The minimum absolute atomic E-state index is 0.0469. The van der Waals surface area contributed by atoms with Crippen LogP contribution in [0.25, 0.3) is 0 Å². The molecule has 192 valence electrons. The number of nitrogens with one attached hydrogen (secondary N) is 1. The Morgan fingerprint density at radius 3 is 2.54 bits per heavy atom. The van der Waals surface area contributed by atoms with Crippen molar-refractivity contribution in [2.24, 2.45) is 0 Å². The predicted molar refractivity (Wildman–Crippen MR) is 139 cm³/mol. The fourth-order valence-corrected chi connectivity index (χ4v) is 4.44. The van der Waals surface area contributed by atoms with Crippen LogP contribution in [0.15, 0.2) is 27.8 Å². The lowest BCUT2D eigenvalue weighted by Gasteiger charge is -2.33. The Kier molecular flexibility index (Phi) is 9.14. The number of benzene rings is 1. The zero-order valence-electron chi connectivity index (χ0n) is 21.4. The average molecular weight is 486 g/mol. The fourth-order valence-electron chi connectivity index (χ4n) is 4.44. The van der Waals surface area contributed by atoms with Crippen molar-refractivity contribution in [2.45, 2.75) is 72.4 Å². The SMILES string of the molecule is CCCCN(C(=O)CN1CCC(Oc2cc(C)ccc2C)CC1)c1c(N)n(CCC)c(=O)[nH]c1=O. The van der Waals surface area contributed by atoms with Gasteiger partial charge in [0, 0.05) is 26.2 Å². The van der Waals surface area contributed by atoms with Gasteiger partial charge in [-0.3, -0.25) is 24.0 Å². The predicted octanol–water partition coefficient (Wildman–Crippen LogP) is 2.82. The molecule has 0 unspecified atom stereocenters. The Labute approximate surface area is 206 Å². The van der Waals surface area contributed by atoms with Gasteiger partial charge in [0.1, 0.15) is 17.7 Å². The third-order valence-electron chi connectivity index (χ3n) is 6.50. The molecule has 0 bridgehead atoms. The molecule has 1 saturated heterocycles. The number of nitrogens with two attached hydrogens (primary N) is 1. The Balaban J connectivity index is 1.70. The molecule has 0 aliphatic carbocycles. The summed E-state index contributed by atoms with van der Waals surface area (Å²) in [6.45, 7) is 10.4. The van der Waals surface area contributed by atoms with Gasteiger partial charge in [0.2, 0.25) is 5.91 Å². The normalized spacial score (nSPS) is 14.7. The summed E-state index contributed by atoms with van der Waals surface area (Å²) in [6, 6.07) is 6.21. The molecule has 2 heterocycles. The Hall–Kier alpha value is -3.07. The van der Waals surface area contributed by atoms with E-state index in [2.05, 4.69) is 35.0 Å². The van der Waals surface area contributed by atoms with Crippen LogP contribution < -0.4 is 26.6 Å². The fraction of sp³-hybridized carbons (Fsp3) is 0.577. The number of ether oxygens (including phenoxy) is 1. The van der Waals surface area contributed by atoms with Gasteiger partial charge >= 0.3 is 5.69 Å². The van der Waals surface area contributed by atoms with Crippen molar-refractivity contribution < 1.29 is 9.53 Å². The van der Waals surface area contributed by atoms with Gasteiger partial charge in [-0.2, -0.15) is 0 Å². The standard InChI is InChI=1S/C26H39N5O4/c1-5-7-13-30(23-24(27)31(12-6-2)26(34)28-25(23)33)22(32)17-29-14-10-20(11-15-29)35-21-16-18(3)8-9-19(21)4/h8-9,16,20H,5-7,10-15,17,27H2,1-4H3,(H,28,33,34). The molecule has 1 amide bonds. The number of H-pyrrole nitrogens is 1. The highest BCUT2D eigenvalue weighted by molar-refractivity contribution is 5.96. The van der Waals surface area contributed by atoms with Gasteiger partial charge in [0.15, 0.2) is 5.69 Å². The van der Waals surface area contributed by atoms with Crippen molar-refractivity contribution in [3.63, 3.8) is 0 Å². The summed E-state index contributed by atoms with van der Waals surface area (Å²) in [7, 11) is 0. The largest absolute Gasteiger partial charge is 0.490 e. The number of aromatic nitrogens is 2. The third-order valence-corrected chi connectivity index (χ3v) is 6.50. The lowest BCUT2D eigenvalue weighted by Crippen LogP contribution is -2.48. The van der Waals surface area contributed by atoms with Crippen LogP contribution in [-0.2, 0) is 11.3 Å². The second kappa shape index (κ2) is 12.1. The molecule has 3 N–H and O–H groups in total. The molecule has 9 nitrogen and oxygen atoms in total. The van der Waals surface area contributed by atoms with Gasteiger partial charge < -0.3 is 15.4 Å². The molecule has 3 rings (SSSR count). The van der Waals surface area contributed by atoms with Crippen molar-refractivity contribution in [3.8, 4) is 5.75 Å². The number of likely N-dealkylation sites (tertiary alicyclic amines) is 1. The molecule has 1 aromatic carbocycles. The van der Waals surface area contributed by atoms with Crippen LogP contribution in [0.5, 0.6) is 5.75 Å². The molecular weight excluding hydrogens is 446 g/mol.